The van der Waals surface area contributed by atoms with E-state index in [-0.39, 0.29) is 5.97 Å². The molecule has 0 aliphatic heterocycles. The Balaban J connectivity index is 2.26. The number of hydrogen-bond acceptors (Lipinski definition) is 5. The van der Waals surface area contributed by atoms with Crippen LogP contribution in [0.4, 0.5) is 0 Å². The van der Waals surface area contributed by atoms with E-state index in [9.17, 15) is 4.79 Å². The molecule has 5 heteroatoms. The molecule has 0 aromatic heterocycles. The van der Waals surface area contributed by atoms with Gasteiger partial charge in [-0.1, -0.05) is 6.07 Å². The Morgan fingerprint density at radius 1 is 1.21 bits per heavy atom. The van der Waals surface area contributed by atoms with E-state index >= 15 is 0 Å². The minimum Gasteiger partial charge on any atom is -0.493 e. The van der Waals surface area contributed by atoms with Crippen LogP contribution in [0.5, 0.6) is 11.5 Å². The number of nitrogens with one attached hydrogen (secondary N) is 1. The Bertz CT molecular complexity index is 457. The molecule has 1 fully saturated rings. The van der Waals surface area contributed by atoms with Crippen LogP contribution in [0.2, 0.25) is 0 Å². The lowest BCUT2D eigenvalue weighted by molar-refractivity contribution is -0.143. The third-order valence-corrected chi connectivity index (χ3v) is 3.16. The highest BCUT2D eigenvalue weighted by Crippen LogP contribution is 2.32. The second-order valence-corrected chi connectivity index (χ2v) is 4.51. The van der Waals surface area contributed by atoms with E-state index in [0.717, 1.165) is 18.4 Å². The lowest BCUT2D eigenvalue weighted by Crippen LogP contribution is -2.31. The number of ether oxygens (including phenoxy) is 3. The van der Waals surface area contributed by atoms with Gasteiger partial charge in [0.1, 0.15) is 6.04 Å². The zero-order chi connectivity index (χ0) is 13.8. The van der Waals surface area contributed by atoms with Crippen molar-refractivity contribution in [1.29, 1.82) is 0 Å². The van der Waals surface area contributed by atoms with Gasteiger partial charge in [0.05, 0.1) is 21.3 Å². The first-order valence-corrected chi connectivity index (χ1v) is 6.25. The van der Waals surface area contributed by atoms with Gasteiger partial charge >= 0.3 is 5.97 Å². The van der Waals surface area contributed by atoms with Crippen LogP contribution in [0.1, 0.15) is 24.4 Å². The van der Waals surface area contributed by atoms with Gasteiger partial charge in [0.15, 0.2) is 11.5 Å². The van der Waals surface area contributed by atoms with Gasteiger partial charge < -0.3 is 14.2 Å². The van der Waals surface area contributed by atoms with E-state index < -0.39 is 6.04 Å². The van der Waals surface area contributed by atoms with Gasteiger partial charge in [-0.2, -0.15) is 0 Å². The second kappa shape index (κ2) is 5.93. The highest BCUT2D eigenvalue weighted by molar-refractivity contribution is 5.78. The Labute approximate surface area is 112 Å². The highest BCUT2D eigenvalue weighted by atomic mass is 16.5. The molecule has 5 nitrogen and oxygen atoms in total. The van der Waals surface area contributed by atoms with E-state index in [1.165, 1.54) is 7.11 Å². The predicted octanol–water partition coefficient (Wildman–Crippen LogP) is 1.67. The van der Waals surface area contributed by atoms with E-state index in [4.69, 9.17) is 14.2 Å². The van der Waals surface area contributed by atoms with Crippen LogP contribution >= 0.6 is 0 Å². The van der Waals surface area contributed by atoms with Crippen molar-refractivity contribution in [2.45, 2.75) is 24.9 Å². The molecule has 1 aromatic rings. The largest absolute Gasteiger partial charge is 0.493 e. The summed E-state index contributed by atoms with van der Waals surface area (Å²) in [5, 5.41) is 3.28. The van der Waals surface area contributed by atoms with Crippen molar-refractivity contribution in [3.63, 3.8) is 0 Å². The minimum atomic E-state index is -0.461. The van der Waals surface area contributed by atoms with Crippen molar-refractivity contribution in [2.75, 3.05) is 21.3 Å². The molecule has 19 heavy (non-hydrogen) atoms. The smallest absolute Gasteiger partial charge is 0.327 e. The molecule has 0 amide bonds. The first kappa shape index (κ1) is 13.7. The monoisotopic (exact) mass is 265 g/mol. The van der Waals surface area contributed by atoms with Crippen molar-refractivity contribution in [2.24, 2.45) is 0 Å². The lowest BCUT2D eigenvalue weighted by Gasteiger charge is -2.18. The Hall–Kier alpha value is -1.75. The molecule has 1 aliphatic carbocycles. The zero-order valence-corrected chi connectivity index (χ0v) is 11.4. The minimum absolute atomic E-state index is 0.292. The summed E-state index contributed by atoms with van der Waals surface area (Å²) in [5.74, 6) is 0.951. The maximum atomic E-state index is 11.9. The number of rotatable bonds is 6. The van der Waals surface area contributed by atoms with Crippen molar-refractivity contribution < 1.29 is 19.0 Å². The van der Waals surface area contributed by atoms with Crippen LogP contribution in [-0.4, -0.2) is 33.3 Å². The van der Waals surface area contributed by atoms with Crippen molar-refractivity contribution in [3.05, 3.63) is 23.8 Å². The normalized spacial score (nSPS) is 15.7. The molecule has 1 N–H and O–H groups in total. The molecule has 104 valence electrons. The zero-order valence-electron chi connectivity index (χ0n) is 11.4. The van der Waals surface area contributed by atoms with E-state index in [2.05, 4.69) is 5.32 Å². The number of hydrogen-bond donors (Lipinski definition) is 1. The number of methoxy groups -OCH3 is 3. The molecule has 0 radical (unpaired) electrons. The number of carbonyl (C=O) groups is 1. The quantitative estimate of drug-likeness (QED) is 0.793. The first-order chi connectivity index (χ1) is 9.19. The molecule has 1 unspecified atom stereocenters. The van der Waals surface area contributed by atoms with E-state index in [0.29, 0.717) is 17.5 Å². The summed E-state index contributed by atoms with van der Waals surface area (Å²) in [6, 6.07) is 5.38. The summed E-state index contributed by atoms with van der Waals surface area (Å²) in [4.78, 5) is 11.9. The van der Waals surface area contributed by atoms with Gasteiger partial charge in [0.25, 0.3) is 0 Å². The van der Waals surface area contributed by atoms with Crippen LogP contribution in [0.25, 0.3) is 0 Å². The van der Waals surface area contributed by atoms with Gasteiger partial charge in [0, 0.05) is 6.04 Å². The summed E-state index contributed by atoms with van der Waals surface area (Å²) in [5.41, 5.74) is 0.816. The maximum absolute atomic E-state index is 11.9. The van der Waals surface area contributed by atoms with Gasteiger partial charge in [-0.05, 0) is 30.5 Å². The summed E-state index contributed by atoms with van der Waals surface area (Å²) >= 11 is 0. The fourth-order valence-electron chi connectivity index (χ4n) is 1.94. The first-order valence-electron chi connectivity index (χ1n) is 6.25. The van der Waals surface area contributed by atoms with Gasteiger partial charge in [0.2, 0.25) is 0 Å². The Morgan fingerprint density at radius 3 is 2.42 bits per heavy atom. The van der Waals surface area contributed by atoms with Crippen molar-refractivity contribution >= 4 is 5.97 Å². The SMILES string of the molecule is COC(=O)C(NC1CC1)c1ccc(OC)c(OC)c1. The molecule has 0 saturated heterocycles. The molecule has 1 saturated carbocycles. The molecular weight excluding hydrogens is 246 g/mol. The van der Waals surface area contributed by atoms with Crippen LogP contribution in [-0.2, 0) is 9.53 Å². The Kier molecular flexibility index (Phi) is 4.27. The molecule has 1 atom stereocenters. The van der Waals surface area contributed by atoms with Crippen LogP contribution < -0.4 is 14.8 Å². The number of benzene rings is 1. The molecule has 1 aromatic carbocycles. The summed E-state index contributed by atoms with van der Waals surface area (Å²) in [6.45, 7) is 0. The standard InChI is InChI=1S/C14H19NO4/c1-17-11-7-4-9(8-12(11)18-2)13(14(16)19-3)15-10-5-6-10/h4,7-8,10,13,15H,5-6H2,1-3H3. The maximum Gasteiger partial charge on any atom is 0.327 e. The molecular formula is C14H19NO4. The molecule has 0 spiro atoms. The fraction of sp³-hybridized carbons (Fsp3) is 0.500. The average molecular weight is 265 g/mol. The van der Waals surface area contributed by atoms with Crippen molar-refractivity contribution in [1.82, 2.24) is 5.32 Å². The number of carbonyl (C=O) groups excluding carboxylic acids is 1. The molecule has 0 heterocycles. The summed E-state index contributed by atoms with van der Waals surface area (Å²) < 4.78 is 15.3. The molecule has 2 rings (SSSR count). The summed E-state index contributed by atoms with van der Waals surface area (Å²) in [6.07, 6.45) is 2.20. The van der Waals surface area contributed by atoms with E-state index in [1.54, 1.807) is 26.4 Å². The van der Waals surface area contributed by atoms with Gasteiger partial charge in [-0.15, -0.1) is 0 Å². The third kappa shape index (κ3) is 3.17. The van der Waals surface area contributed by atoms with E-state index in [1.807, 2.05) is 6.07 Å². The summed E-state index contributed by atoms with van der Waals surface area (Å²) in [7, 11) is 4.55. The fourth-order valence-corrected chi connectivity index (χ4v) is 1.94. The second-order valence-electron chi connectivity index (χ2n) is 4.51. The van der Waals surface area contributed by atoms with Crippen LogP contribution in [0.3, 0.4) is 0 Å². The van der Waals surface area contributed by atoms with Gasteiger partial charge in [-0.3, -0.25) is 5.32 Å². The lowest BCUT2D eigenvalue weighted by atomic mass is 10.1. The number of esters is 1. The van der Waals surface area contributed by atoms with Crippen molar-refractivity contribution in [3.8, 4) is 11.5 Å². The molecule has 0 bridgehead atoms. The Morgan fingerprint density at radius 2 is 1.89 bits per heavy atom. The highest BCUT2D eigenvalue weighted by Gasteiger charge is 2.30. The topological polar surface area (TPSA) is 56.8 Å². The van der Waals surface area contributed by atoms with Crippen LogP contribution in [0.15, 0.2) is 18.2 Å². The van der Waals surface area contributed by atoms with Crippen LogP contribution in [0, 0.1) is 0 Å². The van der Waals surface area contributed by atoms with Gasteiger partial charge in [-0.25, -0.2) is 4.79 Å². The average Bonchev–Trinajstić information content (AvgIpc) is 3.27. The third-order valence-electron chi connectivity index (χ3n) is 3.16. The molecule has 1 aliphatic rings. The predicted molar refractivity (Wildman–Crippen MR) is 70.5 cm³/mol.